The molecule has 0 saturated carbocycles. The van der Waals surface area contributed by atoms with Gasteiger partial charge in [0.25, 0.3) is 5.69 Å². The third kappa shape index (κ3) is 3.57. The van der Waals surface area contributed by atoms with Crippen LogP contribution >= 0.6 is 34.2 Å². The predicted molar refractivity (Wildman–Crippen MR) is 84.6 cm³/mol. The Bertz CT molecular complexity index is 619. The molecule has 0 fully saturated rings. The molecule has 0 atom stereocenters. The largest absolute Gasteiger partial charge is 0.380 e. The van der Waals surface area contributed by atoms with Gasteiger partial charge in [-0.25, -0.2) is 0 Å². The quantitative estimate of drug-likeness (QED) is 0.478. The molecule has 0 radical (unpaired) electrons. The van der Waals surface area contributed by atoms with Crippen molar-refractivity contribution in [3.8, 4) is 0 Å². The summed E-state index contributed by atoms with van der Waals surface area (Å²) in [5.74, 6) is 0. The highest BCUT2D eigenvalue weighted by Gasteiger charge is 2.14. The van der Waals surface area contributed by atoms with E-state index in [1.54, 1.807) is 12.1 Å². The molecule has 0 aliphatic heterocycles. The zero-order chi connectivity index (χ0) is 13.8. The van der Waals surface area contributed by atoms with Gasteiger partial charge < -0.3 is 5.32 Å². The minimum atomic E-state index is -0.418. The van der Waals surface area contributed by atoms with Gasteiger partial charge in [0, 0.05) is 32.5 Å². The lowest BCUT2D eigenvalue weighted by Gasteiger charge is -2.09. The fourth-order valence-electron chi connectivity index (χ4n) is 1.65. The smallest absolute Gasteiger partial charge is 0.275 e. The van der Waals surface area contributed by atoms with E-state index in [4.69, 9.17) is 11.6 Å². The first-order valence-electron chi connectivity index (χ1n) is 5.49. The second-order valence-electron chi connectivity index (χ2n) is 3.86. The van der Waals surface area contributed by atoms with Crippen molar-refractivity contribution in [2.75, 3.05) is 5.32 Å². The summed E-state index contributed by atoms with van der Waals surface area (Å²) >= 11 is 7.99. The molecular formula is C13H10ClIN2O2. The van der Waals surface area contributed by atoms with Gasteiger partial charge in [-0.05, 0) is 46.9 Å². The minimum Gasteiger partial charge on any atom is -0.380 e. The topological polar surface area (TPSA) is 55.2 Å². The summed E-state index contributed by atoms with van der Waals surface area (Å²) in [6.07, 6.45) is 0. The molecule has 0 spiro atoms. The molecular weight excluding hydrogens is 379 g/mol. The summed E-state index contributed by atoms with van der Waals surface area (Å²) in [6, 6.07) is 12.5. The Morgan fingerprint density at radius 3 is 2.68 bits per heavy atom. The van der Waals surface area contributed by atoms with Crippen LogP contribution in [0.15, 0.2) is 42.5 Å². The Kier molecular flexibility index (Phi) is 4.60. The van der Waals surface area contributed by atoms with Crippen LogP contribution in [0.3, 0.4) is 0 Å². The lowest BCUT2D eigenvalue weighted by Crippen LogP contribution is -2.04. The van der Waals surface area contributed by atoms with E-state index in [-0.39, 0.29) is 5.69 Å². The van der Waals surface area contributed by atoms with Gasteiger partial charge in [0.05, 0.1) is 4.92 Å². The van der Waals surface area contributed by atoms with Gasteiger partial charge in [-0.3, -0.25) is 10.1 Å². The number of para-hydroxylation sites is 1. The van der Waals surface area contributed by atoms with E-state index >= 15 is 0 Å². The number of halogens is 2. The van der Waals surface area contributed by atoms with Crippen molar-refractivity contribution in [3.63, 3.8) is 0 Å². The molecule has 2 aromatic carbocycles. The van der Waals surface area contributed by atoms with Crippen LogP contribution in [0.5, 0.6) is 0 Å². The number of nitrogens with zero attached hydrogens (tertiary/aromatic N) is 1. The number of benzene rings is 2. The average molecular weight is 389 g/mol. The second-order valence-corrected chi connectivity index (χ2v) is 5.46. The first-order chi connectivity index (χ1) is 9.08. The van der Waals surface area contributed by atoms with E-state index < -0.39 is 4.92 Å². The summed E-state index contributed by atoms with van der Waals surface area (Å²) in [7, 11) is 0. The molecule has 0 saturated heterocycles. The fourth-order valence-corrected chi connectivity index (χ4v) is 2.40. The second kappa shape index (κ2) is 6.21. The van der Waals surface area contributed by atoms with Crippen LogP contribution in [0.2, 0.25) is 5.02 Å². The van der Waals surface area contributed by atoms with Crippen LogP contribution in [-0.4, -0.2) is 4.92 Å². The molecule has 0 aliphatic carbocycles. The van der Waals surface area contributed by atoms with Crippen LogP contribution in [0.25, 0.3) is 0 Å². The molecule has 1 N–H and O–H groups in total. The molecule has 0 aliphatic rings. The van der Waals surface area contributed by atoms with E-state index in [0.717, 1.165) is 9.26 Å². The number of nitro benzene ring substituents is 1. The monoisotopic (exact) mass is 388 g/mol. The van der Waals surface area contributed by atoms with E-state index in [1.807, 2.05) is 24.3 Å². The van der Waals surface area contributed by atoms with Crippen LogP contribution in [-0.2, 0) is 6.54 Å². The third-order valence-electron chi connectivity index (χ3n) is 2.59. The van der Waals surface area contributed by atoms with Gasteiger partial charge in [-0.15, -0.1) is 0 Å². The van der Waals surface area contributed by atoms with Crippen LogP contribution < -0.4 is 5.32 Å². The lowest BCUT2D eigenvalue weighted by molar-refractivity contribution is -0.385. The summed E-state index contributed by atoms with van der Waals surface area (Å²) in [5.41, 5.74) is 1.59. The standard InChI is InChI=1S/C13H10ClIN2O2/c14-10-6-5-9(13(7-10)17(18)19)8-16-12-4-2-1-3-11(12)15/h1-7,16H,8H2. The fraction of sp³-hybridized carbons (Fsp3) is 0.0769. The van der Waals surface area contributed by atoms with Crippen LogP contribution in [0.1, 0.15) is 5.56 Å². The predicted octanol–water partition coefficient (Wildman–Crippen LogP) is 4.46. The molecule has 0 bridgehead atoms. The SMILES string of the molecule is O=[N+]([O-])c1cc(Cl)ccc1CNc1ccccc1I. The van der Waals surface area contributed by atoms with Gasteiger partial charge in [-0.1, -0.05) is 23.7 Å². The molecule has 19 heavy (non-hydrogen) atoms. The molecule has 6 heteroatoms. The highest BCUT2D eigenvalue weighted by Crippen LogP contribution is 2.25. The molecule has 4 nitrogen and oxygen atoms in total. The summed E-state index contributed by atoms with van der Waals surface area (Å²) in [6.45, 7) is 0.382. The summed E-state index contributed by atoms with van der Waals surface area (Å²) < 4.78 is 1.07. The molecule has 98 valence electrons. The Labute approximate surface area is 129 Å². The zero-order valence-electron chi connectivity index (χ0n) is 9.77. The van der Waals surface area contributed by atoms with Crippen molar-refractivity contribution >= 4 is 45.6 Å². The Morgan fingerprint density at radius 1 is 1.26 bits per heavy atom. The Balaban J connectivity index is 2.20. The van der Waals surface area contributed by atoms with Crippen LogP contribution in [0.4, 0.5) is 11.4 Å². The van der Waals surface area contributed by atoms with Crippen molar-refractivity contribution in [2.45, 2.75) is 6.54 Å². The van der Waals surface area contributed by atoms with E-state index in [1.165, 1.54) is 6.07 Å². The number of rotatable bonds is 4. The Hall–Kier alpha value is -1.34. The lowest BCUT2D eigenvalue weighted by atomic mass is 10.1. The average Bonchev–Trinajstić information content (AvgIpc) is 2.38. The van der Waals surface area contributed by atoms with Crippen molar-refractivity contribution < 1.29 is 4.92 Å². The number of hydrogen-bond donors (Lipinski definition) is 1. The molecule has 0 unspecified atom stereocenters. The number of nitrogens with one attached hydrogen (secondary N) is 1. The first-order valence-corrected chi connectivity index (χ1v) is 6.95. The normalized spacial score (nSPS) is 10.2. The number of anilines is 1. The molecule has 0 aromatic heterocycles. The van der Waals surface area contributed by atoms with Gasteiger partial charge in [0.1, 0.15) is 0 Å². The maximum atomic E-state index is 11.0. The molecule has 2 rings (SSSR count). The van der Waals surface area contributed by atoms with E-state index in [9.17, 15) is 10.1 Å². The highest BCUT2D eigenvalue weighted by atomic mass is 127. The maximum Gasteiger partial charge on any atom is 0.275 e. The Morgan fingerprint density at radius 2 is 2.00 bits per heavy atom. The minimum absolute atomic E-state index is 0.0333. The van der Waals surface area contributed by atoms with Crippen molar-refractivity contribution in [2.24, 2.45) is 0 Å². The zero-order valence-corrected chi connectivity index (χ0v) is 12.7. The molecule has 0 amide bonds. The molecule has 0 heterocycles. The maximum absolute atomic E-state index is 11.0. The van der Waals surface area contributed by atoms with Gasteiger partial charge in [0.2, 0.25) is 0 Å². The summed E-state index contributed by atoms with van der Waals surface area (Å²) in [4.78, 5) is 10.6. The first kappa shape index (κ1) is 14.1. The van der Waals surface area contributed by atoms with Crippen molar-refractivity contribution in [1.29, 1.82) is 0 Å². The third-order valence-corrected chi connectivity index (χ3v) is 3.76. The van der Waals surface area contributed by atoms with Crippen molar-refractivity contribution in [3.05, 3.63) is 66.7 Å². The van der Waals surface area contributed by atoms with Gasteiger partial charge in [-0.2, -0.15) is 0 Å². The number of nitro groups is 1. The summed E-state index contributed by atoms with van der Waals surface area (Å²) in [5, 5.41) is 14.5. The van der Waals surface area contributed by atoms with E-state index in [0.29, 0.717) is 17.1 Å². The number of hydrogen-bond acceptors (Lipinski definition) is 3. The van der Waals surface area contributed by atoms with Gasteiger partial charge >= 0.3 is 0 Å². The van der Waals surface area contributed by atoms with Gasteiger partial charge in [0.15, 0.2) is 0 Å². The van der Waals surface area contributed by atoms with E-state index in [2.05, 4.69) is 27.9 Å². The van der Waals surface area contributed by atoms with Crippen LogP contribution in [0, 0.1) is 13.7 Å². The van der Waals surface area contributed by atoms with Crippen molar-refractivity contribution in [1.82, 2.24) is 0 Å². The molecule has 2 aromatic rings. The highest BCUT2D eigenvalue weighted by molar-refractivity contribution is 14.1.